The van der Waals surface area contributed by atoms with Gasteiger partial charge in [-0.15, -0.1) is 5.10 Å². The summed E-state index contributed by atoms with van der Waals surface area (Å²) in [6.07, 6.45) is -0.302. The van der Waals surface area contributed by atoms with Gasteiger partial charge in [0, 0.05) is 5.56 Å². The zero-order valence-corrected chi connectivity index (χ0v) is 9.85. The number of aliphatic carboxylic acids is 2. The topological polar surface area (TPSA) is 105 Å². The summed E-state index contributed by atoms with van der Waals surface area (Å²) in [7, 11) is 0. The number of benzene rings is 1. The van der Waals surface area contributed by atoms with Crippen LogP contribution in [0.5, 0.6) is 0 Å². The van der Waals surface area contributed by atoms with Gasteiger partial charge in [-0.05, 0) is 0 Å². The molecule has 0 aliphatic rings. The molecule has 2 aromatic rings. The molecule has 19 heavy (non-hydrogen) atoms. The highest BCUT2D eigenvalue weighted by Gasteiger charge is 2.18. The molecule has 1 aromatic carbocycles. The van der Waals surface area contributed by atoms with Gasteiger partial charge in [0.1, 0.15) is 12.2 Å². The van der Waals surface area contributed by atoms with Gasteiger partial charge in [-0.25, -0.2) is 4.68 Å². The molecule has 2 rings (SSSR count). The van der Waals surface area contributed by atoms with Gasteiger partial charge in [-0.2, -0.15) is 0 Å². The Kier molecular flexibility index (Phi) is 3.56. The van der Waals surface area contributed by atoms with E-state index in [1.165, 1.54) is 4.68 Å². The number of hydrogen-bond acceptors (Lipinski definition) is 4. The Morgan fingerprint density at radius 2 is 1.79 bits per heavy atom. The Morgan fingerprint density at radius 1 is 1.11 bits per heavy atom. The number of nitrogens with zero attached hydrogens (tertiary/aromatic N) is 3. The van der Waals surface area contributed by atoms with E-state index < -0.39 is 11.9 Å². The van der Waals surface area contributed by atoms with E-state index in [-0.39, 0.29) is 18.7 Å². The average molecular weight is 261 g/mol. The van der Waals surface area contributed by atoms with Gasteiger partial charge in [0.25, 0.3) is 0 Å². The van der Waals surface area contributed by atoms with Crippen molar-refractivity contribution < 1.29 is 19.8 Å². The highest BCUT2D eigenvalue weighted by molar-refractivity contribution is 5.75. The highest BCUT2D eigenvalue weighted by Crippen LogP contribution is 2.22. The summed E-state index contributed by atoms with van der Waals surface area (Å²) in [5, 5.41) is 25.1. The second-order valence-electron chi connectivity index (χ2n) is 3.87. The van der Waals surface area contributed by atoms with Crippen molar-refractivity contribution in [2.75, 3.05) is 0 Å². The monoisotopic (exact) mass is 261 g/mol. The lowest BCUT2D eigenvalue weighted by atomic mass is 10.1. The molecule has 0 spiro atoms. The Morgan fingerprint density at radius 3 is 2.37 bits per heavy atom. The fourth-order valence-electron chi connectivity index (χ4n) is 1.76. The number of carboxylic acids is 2. The zero-order chi connectivity index (χ0) is 13.8. The molecule has 0 saturated heterocycles. The third-order valence-electron chi connectivity index (χ3n) is 2.46. The van der Waals surface area contributed by atoms with Crippen LogP contribution in [0.15, 0.2) is 30.3 Å². The van der Waals surface area contributed by atoms with Crippen molar-refractivity contribution in [1.29, 1.82) is 0 Å². The van der Waals surface area contributed by atoms with Crippen molar-refractivity contribution in [3.8, 4) is 11.3 Å². The van der Waals surface area contributed by atoms with Crippen LogP contribution in [0.25, 0.3) is 11.3 Å². The molecule has 0 atom stereocenters. The van der Waals surface area contributed by atoms with Crippen LogP contribution in [0.3, 0.4) is 0 Å². The van der Waals surface area contributed by atoms with Crippen molar-refractivity contribution in [3.63, 3.8) is 0 Å². The van der Waals surface area contributed by atoms with Gasteiger partial charge in [-0.1, -0.05) is 35.5 Å². The van der Waals surface area contributed by atoms with Crippen molar-refractivity contribution in [3.05, 3.63) is 36.0 Å². The smallest absolute Gasteiger partial charge is 0.325 e. The van der Waals surface area contributed by atoms with E-state index in [9.17, 15) is 9.59 Å². The van der Waals surface area contributed by atoms with Crippen molar-refractivity contribution in [2.24, 2.45) is 0 Å². The van der Waals surface area contributed by atoms with Crippen LogP contribution >= 0.6 is 0 Å². The molecule has 7 heteroatoms. The predicted molar refractivity (Wildman–Crippen MR) is 64.4 cm³/mol. The maximum atomic E-state index is 10.8. The van der Waals surface area contributed by atoms with Crippen LogP contribution < -0.4 is 0 Å². The van der Waals surface area contributed by atoms with Gasteiger partial charge in [0.15, 0.2) is 0 Å². The second kappa shape index (κ2) is 5.30. The van der Waals surface area contributed by atoms with Crippen LogP contribution in [-0.4, -0.2) is 37.1 Å². The van der Waals surface area contributed by atoms with Crippen molar-refractivity contribution >= 4 is 11.9 Å². The molecular formula is C12H11N3O4. The molecule has 0 unspecified atom stereocenters. The summed E-state index contributed by atoms with van der Waals surface area (Å²) in [6, 6.07) is 8.87. The Balaban J connectivity index is 2.49. The minimum atomic E-state index is -1.07. The lowest BCUT2D eigenvalue weighted by Crippen LogP contribution is -2.12. The minimum absolute atomic E-state index is 0.250. The molecule has 98 valence electrons. The number of aromatic nitrogens is 3. The summed E-state index contributed by atoms with van der Waals surface area (Å²) in [6.45, 7) is -0.364. The Bertz CT molecular complexity index is 573. The van der Waals surface area contributed by atoms with Crippen LogP contribution in [0.4, 0.5) is 0 Å². The predicted octanol–water partition coefficient (Wildman–Crippen LogP) is 0.657. The molecule has 2 N–H and O–H groups in total. The van der Waals surface area contributed by atoms with Crippen molar-refractivity contribution in [1.82, 2.24) is 15.0 Å². The maximum Gasteiger partial charge on any atom is 0.325 e. The molecule has 0 bridgehead atoms. The molecule has 1 aromatic heterocycles. The summed E-state index contributed by atoms with van der Waals surface area (Å²) >= 11 is 0. The summed E-state index contributed by atoms with van der Waals surface area (Å²) in [5.74, 6) is -2.11. The molecule has 0 fully saturated rings. The van der Waals surface area contributed by atoms with Gasteiger partial charge >= 0.3 is 11.9 Å². The maximum absolute atomic E-state index is 10.8. The van der Waals surface area contributed by atoms with Gasteiger partial charge in [0.2, 0.25) is 0 Å². The molecule has 0 amide bonds. The molecule has 0 saturated carbocycles. The van der Waals surface area contributed by atoms with E-state index in [4.69, 9.17) is 10.2 Å². The third kappa shape index (κ3) is 2.95. The largest absolute Gasteiger partial charge is 0.481 e. The van der Waals surface area contributed by atoms with Gasteiger partial charge in [0.05, 0.1) is 12.1 Å². The molecular weight excluding hydrogens is 250 g/mol. The fourth-order valence-corrected chi connectivity index (χ4v) is 1.76. The Hall–Kier alpha value is -2.70. The highest BCUT2D eigenvalue weighted by atomic mass is 16.4. The number of hydrogen-bond donors (Lipinski definition) is 2. The summed E-state index contributed by atoms with van der Waals surface area (Å²) in [5.41, 5.74) is 1.36. The number of rotatable bonds is 5. The average Bonchev–Trinajstić information content (AvgIpc) is 2.71. The van der Waals surface area contributed by atoms with E-state index in [0.717, 1.165) is 0 Å². The standard InChI is InChI=1S/C12H11N3O4/c16-10(17)6-9-12(8-4-2-1-3-5-8)15(14-13-9)7-11(18)19/h1-5H,6-7H2,(H,16,17)(H,18,19). The second-order valence-corrected chi connectivity index (χ2v) is 3.87. The molecule has 0 aliphatic carbocycles. The molecule has 1 heterocycles. The lowest BCUT2D eigenvalue weighted by Gasteiger charge is -2.05. The fraction of sp³-hybridized carbons (Fsp3) is 0.167. The summed E-state index contributed by atoms with van der Waals surface area (Å²) in [4.78, 5) is 21.6. The van der Waals surface area contributed by atoms with E-state index in [1.807, 2.05) is 6.07 Å². The van der Waals surface area contributed by atoms with E-state index in [0.29, 0.717) is 11.3 Å². The van der Waals surface area contributed by atoms with Crippen LogP contribution in [0.2, 0.25) is 0 Å². The first kappa shape index (κ1) is 12.7. The van der Waals surface area contributed by atoms with Crippen LogP contribution in [0, 0.1) is 0 Å². The summed E-state index contributed by atoms with van der Waals surface area (Å²) < 4.78 is 1.19. The molecule has 0 radical (unpaired) electrons. The van der Waals surface area contributed by atoms with Gasteiger partial charge in [-0.3, -0.25) is 9.59 Å². The third-order valence-corrected chi connectivity index (χ3v) is 2.46. The molecule has 0 aliphatic heterocycles. The van der Waals surface area contributed by atoms with Crippen LogP contribution in [0.1, 0.15) is 5.69 Å². The quantitative estimate of drug-likeness (QED) is 0.818. The first-order chi connectivity index (χ1) is 9.08. The first-order valence-electron chi connectivity index (χ1n) is 5.49. The number of carboxylic acid groups (broad SMARTS) is 2. The minimum Gasteiger partial charge on any atom is -0.481 e. The SMILES string of the molecule is O=C(O)Cc1nnn(CC(=O)O)c1-c1ccccc1. The van der Waals surface area contributed by atoms with E-state index in [2.05, 4.69) is 10.3 Å². The van der Waals surface area contributed by atoms with Crippen molar-refractivity contribution in [2.45, 2.75) is 13.0 Å². The first-order valence-corrected chi connectivity index (χ1v) is 5.49. The Labute approximate surface area is 108 Å². The van der Waals surface area contributed by atoms with Gasteiger partial charge < -0.3 is 10.2 Å². The lowest BCUT2D eigenvalue weighted by molar-refractivity contribution is -0.138. The molecule has 7 nitrogen and oxygen atoms in total. The van der Waals surface area contributed by atoms with E-state index >= 15 is 0 Å². The normalized spacial score (nSPS) is 10.3. The van der Waals surface area contributed by atoms with E-state index in [1.54, 1.807) is 24.3 Å². The van der Waals surface area contributed by atoms with Crippen LogP contribution in [-0.2, 0) is 22.6 Å². The zero-order valence-electron chi connectivity index (χ0n) is 9.85. The number of carbonyl (C=O) groups is 2.